The number of benzene rings is 3. The molecule has 4 rings (SSSR count). The van der Waals surface area contributed by atoms with Crippen molar-refractivity contribution in [1.82, 2.24) is 0 Å². The Morgan fingerprint density at radius 1 is 0.943 bits per heavy atom. The lowest BCUT2D eigenvalue weighted by Crippen LogP contribution is -2.13. The van der Waals surface area contributed by atoms with Crippen LogP contribution in [-0.4, -0.2) is 25.1 Å². The van der Waals surface area contributed by atoms with E-state index in [9.17, 15) is 14.4 Å². The molecule has 0 atom stereocenters. The van der Waals surface area contributed by atoms with Gasteiger partial charge < -0.3 is 19.2 Å². The first-order chi connectivity index (χ1) is 17.0. The maximum atomic E-state index is 12.7. The van der Waals surface area contributed by atoms with Crippen molar-refractivity contribution in [3.8, 4) is 5.75 Å². The fourth-order valence-corrected chi connectivity index (χ4v) is 3.55. The quantitative estimate of drug-likeness (QED) is 0.265. The maximum Gasteiger partial charge on any atom is 0.374 e. The standard InChI is InChI=1S/C28H25NO6/c1-2-33-28(32)26-18-24(30)23-17-21(12-15-25(23)35-26)29-27(31)20-10-13-22(14-11-20)34-16-6-9-19-7-4-3-5-8-19/h3-5,7-8,10-15,17-18H,2,6,9,16H2,1H3,(H,29,31). The van der Waals surface area contributed by atoms with Gasteiger partial charge >= 0.3 is 5.97 Å². The summed E-state index contributed by atoms with van der Waals surface area (Å²) in [6, 6.07) is 22.8. The Bertz CT molecular complexity index is 1380. The molecule has 0 aliphatic carbocycles. The minimum Gasteiger partial charge on any atom is -0.494 e. The van der Waals surface area contributed by atoms with E-state index in [-0.39, 0.29) is 29.2 Å². The van der Waals surface area contributed by atoms with Gasteiger partial charge in [-0.3, -0.25) is 9.59 Å². The number of esters is 1. The van der Waals surface area contributed by atoms with Gasteiger partial charge in [-0.05, 0) is 67.8 Å². The Labute approximate surface area is 202 Å². The third kappa shape index (κ3) is 6.14. The second-order valence-electron chi connectivity index (χ2n) is 7.82. The minimum atomic E-state index is -0.701. The molecular formula is C28H25NO6. The van der Waals surface area contributed by atoms with Gasteiger partial charge in [0.25, 0.3) is 5.91 Å². The van der Waals surface area contributed by atoms with E-state index in [4.69, 9.17) is 13.9 Å². The fraction of sp³-hybridized carbons (Fsp3) is 0.179. The summed E-state index contributed by atoms with van der Waals surface area (Å²) in [4.78, 5) is 37.0. The zero-order chi connectivity index (χ0) is 24.6. The summed E-state index contributed by atoms with van der Waals surface area (Å²) < 4.78 is 16.1. The zero-order valence-electron chi connectivity index (χ0n) is 19.3. The summed E-state index contributed by atoms with van der Waals surface area (Å²) in [5.74, 6) is -0.501. The SMILES string of the molecule is CCOC(=O)c1cc(=O)c2cc(NC(=O)c3ccc(OCCCc4ccccc4)cc3)ccc2o1. The molecule has 0 aliphatic rings. The highest BCUT2D eigenvalue weighted by atomic mass is 16.5. The first-order valence-electron chi connectivity index (χ1n) is 11.4. The molecule has 3 aromatic carbocycles. The summed E-state index contributed by atoms with van der Waals surface area (Å²) in [6.45, 7) is 2.42. The number of hydrogen-bond acceptors (Lipinski definition) is 6. The van der Waals surface area contributed by atoms with Gasteiger partial charge in [-0.25, -0.2) is 4.79 Å². The molecule has 35 heavy (non-hydrogen) atoms. The van der Waals surface area contributed by atoms with E-state index in [1.165, 1.54) is 17.7 Å². The lowest BCUT2D eigenvalue weighted by molar-refractivity contribution is 0.0490. The van der Waals surface area contributed by atoms with E-state index in [0.717, 1.165) is 18.9 Å². The van der Waals surface area contributed by atoms with Crippen molar-refractivity contribution in [2.24, 2.45) is 0 Å². The molecule has 0 saturated carbocycles. The predicted molar refractivity (Wildman–Crippen MR) is 133 cm³/mol. The van der Waals surface area contributed by atoms with Crippen LogP contribution in [0.25, 0.3) is 11.0 Å². The smallest absolute Gasteiger partial charge is 0.374 e. The average molecular weight is 472 g/mol. The summed E-state index contributed by atoms with van der Waals surface area (Å²) in [6.07, 6.45) is 1.83. The van der Waals surface area contributed by atoms with Crippen LogP contribution in [0.4, 0.5) is 5.69 Å². The topological polar surface area (TPSA) is 94.8 Å². The van der Waals surface area contributed by atoms with Crippen LogP contribution in [0.2, 0.25) is 0 Å². The van der Waals surface area contributed by atoms with E-state index in [2.05, 4.69) is 17.4 Å². The Balaban J connectivity index is 1.35. The largest absolute Gasteiger partial charge is 0.494 e. The van der Waals surface area contributed by atoms with Crippen molar-refractivity contribution < 1.29 is 23.5 Å². The predicted octanol–water partition coefficient (Wildman–Crippen LogP) is 5.23. The van der Waals surface area contributed by atoms with Crippen LogP contribution >= 0.6 is 0 Å². The third-order valence-corrected chi connectivity index (χ3v) is 5.30. The molecule has 0 radical (unpaired) electrons. The molecule has 0 aliphatic heterocycles. The van der Waals surface area contributed by atoms with Crippen LogP contribution in [0.15, 0.2) is 88.1 Å². The molecule has 7 nitrogen and oxygen atoms in total. The highest BCUT2D eigenvalue weighted by Crippen LogP contribution is 2.20. The highest BCUT2D eigenvalue weighted by molar-refractivity contribution is 6.05. The van der Waals surface area contributed by atoms with Crippen molar-refractivity contribution in [1.29, 1.82) is 0 Å². The highest BCUT2D eigenvalue weighted by Gasteiger charge is 2.14. The van der Waals surface area contributed by atoms with Crippen molar-refractivity contribution in [2.75, 3.05) is 18.5 Å². The Kier molecular flexibility index (Phi) is 7.57. The summed E-state index contributed by atoms with van der Waals surface area (Å²) in [7, 11) is 0. The normalized spacial score (nSPS) is 10.7. The molecule has 0 saturated heterocycles. The second-order valence-corrected chi connectivity index (χ2v) is 7.82. The summed E-state index contributed by atoms with van der Waals surface area (Å²) in [5.41, 5.74) is 1.98. The number of anilines is 1. The van der Waals surface area contributed by atoms with Crippen LogP contribution in [0, 0.1) is 0 Å². The van der Waals surface area contributed by atoms with E-state index in [0.29, 0.717) is 23.6 Å². The molecule has 0 spiro atoms. The minimum absolute atomic E-state index is 0.163. The maximum absolute atomic E-state index is 12.7. The lowest BCUT2D eigenvalue weighted by atomic mass is 10.1. The van der Waals surface area contributed by atoms with Gasteiger partial charge in [0.15, 0.2) is 5.43 Å². The average Bonchev–Trinajstić information content (AvgIpc) is 2.88. The monoisotopic (exact) mass is 471 g/mol. The van der Waals surface area contributed by atoms with Gasteiger partial charge in [0.2, 0.25) is 5.76 Å². The van der Waals surface area contributed by atoms with Crippen molar-refractivity contribution >= 4 is 28.5 Å². The fourth-order valence-electron chi connectivity index (χ4n) is 3.55. The van der Waals surface area contributed by atoms with Crippen molar-refractivity contribution in [3.63, 3.8) is 0 Å². The number of carbonyl (C=O) groups is 2. The number of carbonyl (C=O) groups excluding carboxylic acids is 2. The van der Waals surface area contributed by atoms with Crippen LogP contribution in [-0.2, 0) is 11.2 Å². The van der Waals surface area contributed by atoms with Gasteiger partial charge in [-0.2, -0.15) is 0 Å². The number of fused-ring (bicyclic) bond motifs is 1. The second kappa shape index (κ2) is 11.2. The first-order valence-corrected chi connectivity index (χ1v) is 11.4. The molecule has 1 amide bonds. The van der Waals surface area contributed by atoms with Gasteiger partial charge in [-0.1, -0.05) is 30.3 Å². The van der Waals surface area contributed by atoms with Crippen molar-refractivity contribution in [3.05, 3.63) is 106 Å². The molecule has 178 valence electrons. The number of aryl methyl sites for hydroxylation is 1. The van der Waals surface area contributed by atoms with Crippen LogP contribution in [0.3, 0.4) is 0 Å². The lowest BCUT2D eigenvalue weighted by Gasteiger charge is -2.09. The third-order valence-electron chi connectivity index (χ3n) is 5.30. The molecule has 0 unspecified atom stereocenters. The van der Waals surface area contributed by atoms with Gasteiger partial charge in [-0.15, -0.1) is 0 Å². The Hall–Kier alpha value is -4.39. The molecule has 0 bridgehead atoms. The van der Waals surface area contributed by atoms with Crippen LogP contribution in [0.5, 0.6) is 5.75 Å². The van der Waals surface area contributed by atoms with E-state index >= 15 is 0 Å². The molecule has 7 heteroatoms. The van der Waals surface area contributed by atoms with Crippen LogP contribution in [0.1, 0.15) is 39.8 Å². The molecule has 1 aromatic heterocycles. The molecule has 1 N–H and O–H groups in total. The molecule has 1 heterocycles. The van der Waals surface area contributed by atoms with E-state index < -0.39 is 11.4 Å². The van der Waals surface area contributed by atoms with Gasteiger partial charge in [0, 0.05) is 17.3 Å². The summed E-state index contributed by atoms with van der Waals surface area (Å²) >= 11 is 0. The first kappa shape index (κ1) is 23.8. The number of hydrogen-bond donors (Lipinski definition) is 1. The van der Waals surface area contributed by atoms with E-state index in [1.54, 1.807) is 37.3 Å². The number of nitrogens with one attached hydrogen (secondary N) is 1. The van der Waals surface area contributed by atoms with Crippen LogP contribution < -0.4 is 15.5 Å². The molecular weight excluding hydrogens is 446 g/mol. The van der Waals surface area contributed by atoms with Gasteiger partial charge in [0.05, 0.1) is 18.6 Å². The van der Waals surface area contributed by atoms with E-state index in [1.807, 2.05) is 18.2 Å². The Morgan fingerprint density at radius 2 is 1.71 bits per heavy atom. The Morgan fingerprint density at radius 3 is 2.46 bits per heavy atom. The number of rotatable bonds is 9. The number of amides is 1. The zero-order valence-corrected chi connectivity index (χ0v) is 19.3. The van der Waals surface area contributed by atoms with Crippen molar-refractivity contribution in [2.45, 2.75) is 19.8 Å². The van der Waals surface area contributed by atoms with Gasteiger partial charge in [0.1, 0.15) is 11.3 Å². The molecule has 4 aromatic rings. The number of ether oxygens (including phenoxy) is 2. The molecule has 0 fully saturated rings. The summed E-state index contributed by atoms with van der Waals surface area (Å²) in [5, 5.41) is 3.02.